The predicted molar refractivity (Wildman–Crippen MR) is 80.2 cm³/mol. The third kappa shape index (κ3) is 4.37. The Hall–Kier alpha value is -2.25. The smallest absolute Gasteiger partial charge is 0.273 e. The maximum Gasteiger partial charge on any atom is 0.273 e. The van der Waals surface area contributed by atoms with E-state index in [1.54, 1.807) is 18.2 Å². The first-order valence-corrected chi connectivity index (χ1v) is 7.49. The molecule has 23 heavy (non-hydrogen) atoms. The van der Waals surface area contributed by atoms with Gasteiger partial charge in [0, 0.05) is 25.7 Å². The van der Waals surface area contributed by atoms with Crippen molar-refractivity contribution in [3.05, 3.63) is 53.2 Å². The van der Waals surface area contributed by atoms with Gasteiger partial charge in [0.2, 0.25) is 0 Å². The van der Waals surface area contributed by atoms with Crippen LogP contribution in [0.1, 0.15) is 21.8 Å². The lowest BCUT2D eigenvalue weighted by Gasteiger charge is -2.25. The molecule has 1 amide bonds. The van der Waals surface area contributed by atoms with E-state index in [1.807, 2.05) is 0 Å². The van der Waals surface area contributed by atoms with Crippen molar-refractivity contribution in [1.29, 1.82) is 0 Å². The average Bonchev–Trinajstić information content (AvgIpc) is 3.03. The van der Waals surface area contributed by atoms with Crippen molar-refractivity contribution in [1.82, 2.24) is 15.4 Å². The van der Waals surface area contributed by atoms with E-state index in [0.29, 0.717) is 32.1 Å². The zero-order chi connectivity index (χ0) is 16.1. The number of halogens is 1. The lowest BCUT2D eigenvalue weighted by molar-refractivity contribution is 0.0305. The van der Waals surface area contributed by atoms with E-state index >= 15 is 0 Å². The van der Waals surface area contributed by atoms with Crippen LogP contribution in [0.3, 0.4) is 0 Å². The largest absolute Gasteiger partial charge is 0.379 e. The number of amides is 1. The molecule has 0 saturated carbocycles. The number of rotatable bonds is 5. The van der Waals surface area contributed by atoms with Gasteiger partial charge in [0.1, 0.15) is 5.82 Å². The summed E-state index contributed by atoms with van der Waals surface area (Å²) in [5, 5.41) is 6.54. The number of hydrogen-bond donors (Lipinski definition) is 1. The molecule has 1 aromatic carbocycles. The summed E-state index contributed by atoms with van der Waals surface area (Å²) in [7, 11) is 0. The molecule has 1 aliphatic rings. The molecule has 0 aliphatic carbocycles. The summed E-state index contributed by atoms with van der Waals surface area (Å²) < 4.78 is 23.3. The fourth-order valence-corrected chi connectivity index (χ4v) is 2.35. The van der Waals surface area contributed by atoms with E-state index in [2.05, 4.69) is 15.4 Å². The van der Waals surface area contributed by atoms with Gasteiger partial charge >= 0.3 is 0 Å². The normalized spacial score (nSPS) is 15.5. The van der Waals surface area contributed by atoms with E-state index in [-0.39, 0.29) is 17.4 Å². The number of nitrogens with one attached hydrogen (secondary N) is 1. The summed E-state index contributed by atoms with van der Waals surface area (Å²) >= 11 is 0. The monoisotopic (exact) mass is 319 g/mol. The van der Waals surface area contributed by atoms with E-state index in [0.717, 1.165) is 18.7 Å². The standard InChI is InChI=1S/C16H18FN3O3/c17-13-3-1-12(2-4-13)10-18-16(21)15-9-14(23-19-15)11-20-5-7-22-8-6-20/h1-4,9H,5-8,10-11H2,(H,18,21). The zero-order valence-electron chi connectivity index (χ0n) is 12.6. The number of morpholine rings is 1. The quantitative estimate of drug-likeness (QED) is 0.906. The van der Waals surface area contributed by atoms with Crippen molar-refractivity contribution in [3.63, 3.8) is 0 Å². The number of ether oxygens (including phenoxy) is 1. The molecule has 6 nitrogen and oxygen atoms in total. The van der Waals surface area contributed by atoms with Gasteiger partial charge in [0.05, 0.1) is 19.8 Å². The van der Waals surface area contributed by atoms with Crippen LogP contribution in [-0.4, -0.2) is 42.3 Å². The van der Waals surface area contributed by atoms with Gasteiger partial charge < -0.3 is 14.6 Å². The van der Waals surface area contributed by atoms with Crippen LogP contribution in [0, 0.1) is 5.82 Å². The molecule has 1 aliphatic heterocycles. The summed E-state index contributed by atoms with van der Waals surface area (Å²) in [6, 6.07) is 7.62. The van der Waals surface area contributed by atoms with Gasteiger partial charge in [-0.1, -0.05) is 17.3 Å². The molecule has 0 spiro atoms. The van der Waals surface area contributed by atoms with Crippen molar-refractivity contribution in [3.8, 4) is 0 Å². The van der Waals surface area contributed by atoms with Gasteiger partial charge in [-0.15, -0.1) is 0 Å². The number of benzene rings is 1. The Kier molecular flexibility index (Phi) is 4.99. The van der Waals surface area contributed by atoms with Crippen LogP contribution in [0.2, 0.25) is 0 Å². The van der Waals surface area contributed by atoms with Gasteiger partial charge in [0.25, 0.3) is 5.91 Å². The molecule has 0 unspecified atom stereocenters. The van der Waals surface area contributed by atoms with Gasteiger partial charge in [-0.3, -0.25) is 9.69 Å². The highest BCUT2D eigenvalue weighted by atomic mass is 19.1. The topological polar surface area (TPSA) is 67.6 Å². The minimum absolute atomic E-state index is 0.246. The zero-order valence-corrected chi connectivity index (χ0v) is 12.6. The third-order valence-electron chi connectivity index (χ3n) is 3.64. The number of hydrogen-bond acceptors (Lipinski definition) is 5. The molecule has 2 aromatic rings. The van der Waals surface area contributed by atoms with Crippen LogP contribution in [0.5, 0.6) is 0 Å². The summed E-state index contributed by atoms with van der Waals surface area (Å²) in [6.45, 7) is 4.02. The van der Waals surface area contributed by atoms with Crippen LogP contribution in [0.25, 0.3) is 0 Å². The molecule has 7 heteroatoms. The molecular weight excluding hydrogens is 301 g/mol. The van der Waals surface area contributed by atoms with Crippen LogP contribution in [-0.2, 0) is 17.8 Å². The summed E-state index contributed by atoms with van der Waals surface area (Å²) in [5.41, 5.74) is 1.06. The molecule has 0 atom stereocenters. The molecule has 0 radical (unpaired) electrons. The van der Waals surface area contributed by atoms with Gasteiger partial charge in [-0.05, 0) is 17.7 Å². The molecule has 0 bridgehead atoms. The predicted octanol–water partition coefficient (Wildman–Crippen LogP) is 1.58. The maximum atomic E-state index is 12.8. The highest BCUT2D eigenvalue weighted by Crippen LogP contribution is 2.09. The van der Waals surface area contributed by atoms with Crippen LogP contribution in [0.4, 0.5) is 4.39 Å². The van der Waals surface area contributed by atoms with Crippen molar-refractivity contribution >= 4 is 5.91 Å². The van der Waals surface area contributed by atoms with Crippen LogP contribution >= 0.6 is 0 Å². The Bertz CT molecular complexity index is 651. The number of carbonyl (C=O) groups excluding carboxylic acids is 1. The van der Waals surface area contributed by atoms with E-state index in [4.69, 9.17) is 9.26 Å². The SMILES string of the molecule is O=C(NCc1ccc(F)cc1)c1cc(CN2CCOCC2)on1. The summed E-state index contributed by atoms with van der Waals surface area (Å²) in [6.07, 6.45) is 0. The third-order valence-corrected chi connectivity index (χ3v) is 3.64. The Labute approximate surface area is 133 Å². The minimum atomic E-state index is -0.314. The highest BCUT2D eigenvalue weighted by Gasteiger charge is 2.16. The number of carbonyl (C=O) groups is 1. The fourth-order valence-electron chi connectivity index (χ4n) is 2.35. The van der Waals surface area contributed by atoms with Gasteiger partial charge in [-0.2, -0.15) is 0 Å². The molecule has 1 N–H and O–H groups in total. The molecular formula is C16H18FN3O3. The Balaban J connectivity index is 1.52. The maximum absolute atomic E-state index is 12.8. The van der Waals surface area contributed by atoms with E-state index < -0.39 is 0 Å². The molecule has 122 valence electrons. The van der Waals surface area contributed by atoms with Crippen molar-refractivity contribution in [2.75, 3.05) is 26.3 Å². The molecule has 3 rings (SSSR count). The second kappa shape index (κ2) is 7.34. The molecule has 2 heterocycles. The average molecular weight is 319 g/mol. The summed E-state index contributed by atoms with van der Waals surface area (Å²) in [5.74, 6) is 0.0365. The number of aromatic nitrogens is 1. The Morgan fingerprint density at radius 3 is 2.74 bits per heavy atom. The van der Waals surface area contributed by atoms with E-state index in [1.165, 1.54) is 12.1 Å². The minimum Gasteiger partial charge on any atom is -0.379 e. The van der Waals surface area contributed by atoms with Gasteiger partial charge in [0.15, 0.2) is 11.5 Å². The van der Waals surface area contributed by atoms with E-state index in [9.17, 15) is 9.18 Å². The molecule has 1 saturated heterocycles. The highest BCUT2D eigenvalue weighted by molar-refractivity contribution is 5.92. The van der Waals surface area contributed by atoms with Crippen LogP contribution < -0.4 is 5.32 Å². The Morgan fingerprint density at radius 1 is 1.26 bits per heavy atom. The van der Waals surface area contributed by atoms with Crippen molar-refractivity contribution in [2.45, 2.75) is 13.1 Å². The molecule has 1 aromatic heterocycles. The first-order valence-electron chi connectivity index (χ1n) is 7.49. The first kappa shape index (κ1) is 15.6. The second-order valence-corrected chi connectivity index (χ2v) is 5.38. The lowest BCUT2D eigenvalue weighted by Crippen LogP contribution is -2.35. The molecule has 1 fully saturated rings. The second-order valence-electron chi connectivity index (χ2n) is 5.38. The lowest BCUT2D eigenvalue weighted by atomic mass is 10.2. The first-order chi connectivity index (χ1) is 11.2. The van der Waals surface area contributed by atoms with Crippen molar-refractivity contribution in [2.24, 2.45) is 0 Å². The van der Waals surface area contributed by atoms with Crippen molar-refractivity contribution < 1.29 is 18.4 Å². The van der Waals surface area contributed by atoms with Gasteiger partial charge in [-0.25, -0.2) is 4.39 Å². The Morgan fingerprint density at radius 2 is 2.00 bits per heavy atom. The fraction of sp³-hybridized carbons (Fsp3) is 0.375. The van der Waals surface area contributed by atoms with Crippen LogP contribution in [0.15, 0.2) is 34.9 Å². The summed E-state index contributed by atoms with van der Waals surface area (Å²) in [4.78, 5) is 14.2. The number of nitrogens with zero attached hydrogens (tertiary/aromatic N) is 2.